The summed E-state index contributed by atoms with van der Waals surface area (Å²) in [7, 11) is -1.45. The van der Waals surface area contributed by atoms with Crippen LogP contribution in [-0.4, -0.2) is 20.5 Å². The summed E-state index contributed by atoms with van der Waals surface area (Å²) < 4.78 is 6.01. The van der Waals surface area contributed by atoms with E-state index in [2.05, 4.69) is 24.5 Å². The van der Waals surface area contributed by atoms with Crippen molar-refractivity contribution in [3.8, 4) is 0 Å². The maximum atomic E-state index is 7.10. The first-order valence-corrected chi connectivity index (χ1v) is 8.48. The summed E-state index contributed by atoms with van der Waals surface area (Å²) in [5, 5.41) is 0. The lowest BCUT2D eigenvalue weighted by Crippen LogP contribution is -2.39. The van der Waals surface area contributed by atoms with Crippen LogP contribution in [-0.2, 0) is 4.43 Å². The molecule has 2 atom stereocenters. The van der Waals surface area contributed by atoms with Gasteiger partial charge < -0.3 is 9.27 Å². The van der Waals surface area contributed by atoms with Gasteiger partial charge in [-0.2, -0.15) is 0 Å². The highest BCUT2D eigenvalue weighted by molar-refractivity contribution is 6.69. The number of nitrogens with zero attached hydrogens (tertiary/aromatic N) is 1. The molecule has 0 saturated heterocycles. The van der Waals surface area contributed by atoms with Gasteiger partial charge in [-0.1, -0.05) is 6.42 Å². The smallest absolute Gasteiger partial charge is 0.248 e. The van der Waals surface area contributed by atoms with Gasteiger partial charge in [-0.3, -0.25) is 0 Å². The second kappa shape index (κ2) is 4.25. The molecule has 0 aromatic rings. The minimum absolute atomic E-state index is 0.139. The Balaban J connectivity index is 2.51. The molecule has 0 spiro atoms. The Morgan fingerprint density at radius 3 is 2.38 bits per heavy atom. The van der Waals surface area contributed by atoms with E-state index in [9.17, 15) is 0 Å². The lowest BCUT2D eigenvalue weighted by molar-refractivity contribution is 0.140. The van der Waals surface area contributed by atoms with Gasteiger partial charge in [0.25, 0.3) is 0 Å². The summed E-state index contributed by atoms with van der Waals surface area (Å²) >= 11 is 0. The summed E-state index contributed by atoms with van der Waals surface area (Å²) in [5.74, 6) is 0. The van der Waals surface area contributed by atoms with Crippen LogP contribution in [0.4, 0.5) is 0 Å². The van der Waals surface area contributed by atoms with Crippen LogP contribution in [0.5, 0.6) is 0 Å². The first-order chi connectivity index (χ1) is 6.03. The van der Waals surface area contributed by atoms with Crippen molar-refractivity contribution in [3.05, 3.63) is 11.4 Å². The minimum atomic E-state index is -1.45. The first-order valence-electron chi connectivity index (χ1n) is 5.07. The average molecular weight is 197 g/mol. The standard InChI is InChI=1S/C10H19NOSi/c1-11-9-7-5-6-8-10(9)12-13(2,3)4/h9-10H,5-8H2,2-4H3/t9-,10-/m1/s1. The molecular formula is C10H19NOSi. The van der Waals surface area contributed by atoms with Gasteiger partial charge in [0.15, 0.2) is 8.32 Å². The van der Waals surface area contributed by atoms with Crippen LogP contribution in [0.25, 0.3) is 4.85 Å². The Hall–Kier alpha value is -0.333. The third-order valence-corrected chi connectivity index (χ3v) is 3.35. The summed E-state index contributed by atoms with van der Waals surface area (Å²) in [6.07, 6.45) is 4.81. The van der Waals surface area contributed by atoms with Gasteiger partial charge in [-0.05, 0) is 32.5 Å². The number of hydrogen-bond donors (Lipinski definition) is 0. The highest BCUT2D eigenvalue weighted by Gasteiger charge is 2.33. The van der Waals surface area contributed by atoms with Gasteiger partial charge in [0, 0.05) is 6.42 Å². The van der Waals surface area contributed by atoms with E-state index in [0.717, 1.165) is 12.8 Å². The summed E-state index contributed by atoms with van der Waals surface area (Å²) in [4.78, 5) is 3.66. The lowest BCUT2D eigenvalue weighted by Gasteiger charge is -2.29. The van der Waals surface area contributed by atoms with Crippen LogP contribution < -0.4 is 0 Å². The Kier molecular flexibility index (Phi) is 3.52. The zero-order valence-corrected chi connectivity index (χ0v) is 9.84. The van der Waals surface area contributed by atoms with Crippen molar-refractivity contribution in [3.63, 3.8) is 0 Å². The predicted molar refractivity (Wildman–Crippen MR) is 57.1 cm³/mol. The summed E-state index contributed by atoms with van der Waals surface area (Å²) in [5.41, 5.74) is 0. The van der Waals surface area contributed by atoms with Crippen LogP contribution in [0, 0.1) is 6.57 Å². The molecule has 0 unspecified atom stereocenters. The highest BCUT2D eigenvalue weighted by atomic mass is 28.4. The molecule has 0 heterocycles. The zero-order valence-electron chi connectivity index (χ0n) is 8.84. The largest absolute Gasteiger partial charge is 0.407 e. The average Bonchev–Trinajstić information content (AvgIpc) is 2.02. The van der Waals surface area contributed by atoms with Crippen molar-refractivity contribution < 1.29 is 4.43 Å². The van der Waals surface area contributed by atoms with Crippen molar-refractivity contribution in [1.82, 2.24) is 0 Å². The molecule has 0 N–H and O–H groups in total. The van der Waals surface area contributed by atoms with Crippen molar-refractivity contribution >= 4 is 8.32 Å². The van der Waals surface area contributed by atoms with E-state index in [-0.39, 0.29) is 12.1 Å². The van der Waals surface area contributed by atoms with Gasteiger partial charge >= 0.3 is 0 Å². The Bertz CT molecular complexity index is 204. The molecule has 0 aliphatic heterocycles. The zero-order chi connectivity index (χ0) is 9.90. The normalized spacial score (nSPS) is 29.7. The molecular weight excluding hydrogens is 178 g/mol. The molecule has 0 aromatic heterocycles. The van der Waals surface area contributed by atoms with E-state index in [1.165, 1.54) is 12.8 Å². The van der Waals surface area contributed by atoms with Crippen molar-refractivity contribution in [2.45, 2.75) is 57.5 Å². The van der Waals surface area contributed by atoms with E-state index in [0.29, 0.717) is 0 Å². The van der Waals surface area contributed by atoms with Crippen LogP contribution >= 0.6 is 0 Å². The van der Waals surface area contributed by atoms with Crippen LogP contribution in [0.15, 0.2) is 0 Å². The third kappa shape index (κ3) is 3.49. The number of rotatable bonds is 2. The van der Waals surface area contributed by atoms with Crippen molar-refractivity contribution in [2.24, 2.45) is 0 Å². The lowest BCUT2D eigenvalue weighted by atomic mass is 9.93. The molecule has 0 amide bonds. The predicted octanol–water partition coefficient (Wildman–Crippen LogP) is 3.07. The van der Waals surface area contributed by atoms with Crippen LogP contribution in [0.3, 0.4) is 0 Å². The third-order valence-electron chi connectivity index (χ3n) is 2.34. The molecule has 74 valence electrons. The SMILES string of the molecule is [C-]#[N+][C@@H]1CCCC[C@H]1O[Si](C)(C)C. The number of hydrogen-bond acceptors (Lipinski definition) is 1. The highest BCUT2D eigenvalue weighted by Crippen LogP contribution is 2.26. The molecule has 1 aliphatic rings. The van der Waals surface area contributed by atoms with E-state index in [1.807, 2.05) is 0 Å². The monoisotopic (exact) mass is 197 g/mol. The van der Waals surface area contributed by atoms with Crippen molar-refractivity contribution in [1.29, 1.82) is 0 Å². The van der Waals surface area contributed by atoms with E-state index in [1.54, 1.807) is 0 Å². The molecule has 1 aliphatic carbocycles. The fourth-order valence-electron chi connectivity index (χ4n) is 1.82. The van der Waals surface area contributed by atoms with Crippen LogP contribution in [0.1, 0.15) is 25.7 Å². The molecule has 13 heavy (non-hydrogen) atoms. The molecule has 1 rings (SSSR count). The molecule has 0 radical (unpaired) electrons. The molecule has 3 heteroatoms. The van der Waals surface area contributed by atoms with Gasteiger partial charge in [-0.25, -0.2) is 6.57 Å². The molecule has 0 aromatic carbocycles. The van der Waals surface area contributed by atoms with Gasteiger partial charge in [0.1, 0.15) is 6.10 Å². The van der Waals surface area contributed by atoms with Gasteiger partial charge in [0.2, 0.25) is 6.04 Å². The fourth-order valence-corrected chi connectivity index (χ4v) is 3.00. The minimum Gasteiger partial charge on any atom is -0.407 e. The van der Waals surface area contributed by atoms with Crippen molar-refractivity contribution in [2.75, 3.05) is 0 Å². The maximum Gasteiger partial charge on any atom is 0.248 e. The molecule has 0 bridgehead atoms. The molecule has 1 fully saturated rings. The summed E-state index contributed by atoms with van der Waals surface area (Å²) in [6.45, 7) is 13.7. The molecule has 2 nitrogen and oxygen atoms in total. The first kappa shape index (κ1) is 10.7. The fraction of sp³-hybridized carbons (Fsp3) is 0.900. The van der Waals surface area contributed by atoms with Gasteiger partial charge in [0.05, 0.1) is 0 Å². The second-order valence-corrected chi connectivity index (χ2v) is 9.21. The van der Waals surface area contributed by atoms with E-state index < -0.39 is 8.32 Å². The maximum absolute atomic E-state index is 7.10. The molecule has 1 saturated carbocycles. The van der Waals surface area contributed by atoms with E-state index >= 15 is 0 Å². The Labute approximate surface area is 82.2 Å². The van der Waals surface area contributed by atoms with Crippen LogP contribution in [0.2, 0.25) is 19.6 Å². The van der Waals surface area contributed by atoms with Gasteiger partial charge in [-0.15, -0.1) is 0 Å². The topological polar surface area (TPSA) is 13.6 Å². The summed E-state index contributed by atoms with van der Waals surface area (Å²) in [6, 6.07) is 0.139. The van der Waals surface area contributed by atoms with E-state index in [4.69, 9.17) is 11.0 Å². The second-order valence-electron chi connectivity index (χ2n) is 4.75. The quantitative estimate of drug-likeness (QED) is 0.490. The Morgan fingerprint density at radius 1 is 1.23 bits per heavy atom. The Morgan fingerprint density at radius 2 is 1.85 bits per heavy atom.